The number of carbonyl (C=O) groups is 2. The van der Waals surface area contributed by atoms with E-state index < -0.39 is 5.97 Å². The van der Waals surface area contributed by atoms with E-state index in [9.17, 15) is 9.59 Å². The Morgan fingerprint density at radius 1 is 1.08 bits per heavy atom. The van der Waals surface area contributed by atoms with E-state index >= 15 is 0 Å². The number of fused-ring (bicyclic) bond motifs is 1. The topological polar surface area (TPSA) is 101 Å². The molecule has 0 radical (unpaired) electrons. The average Bonchev–Trinajstić information content (AvgIpc) is 3.45. The summed E-state index contributed by atoms with van der Waals surface area (Å²) in [7, 11) is 1.84. The van der Waals surface area contributed by atoms with Gasteiger partial charge in [-0.2, -0.15) is 0 Å². The fourth-order valence-corrected chi connectivity index (χ4v) is 4.85. The molecule has 0 atom stereocenters. The summed E-state index contributed by atoms with van der Waals surface area (Å²) in [6.45, 7) is 8.43. The molecule has 0 saturated carbocycles. The summed E-state index contributed by atoms with van der Waals surface area (Å²) < 4.78 is 9.77. The first-order valence-corrected chi connectivity index (χ1v) is 12.6. The minimum Gasteiger partial charge on any atom is -0.491 e. The highest BCUT2D eigenvalue weighted by molar-refractivity contribution is 5.98. The van der Waals surface area contributed by atoms with Gasteiger partial charge in [0, 0.05) is 37.7 Å². The quantitative estimate of drug-likeness (QED) is 0.339. The van der Waals surface area contributed by atoms with E-state index in [1.807, 2.05) is 43.4 Å². The van der Waals surface area contributed by atoms with Gasteiger partial charge in [0.15, 0.2) is 5.78 Å². The molecule has 2 aromatic carbocycles. The largest absolute Gasteiger partial charge is 0.491 e. The third-order valence-corrected chi connectivity index (χ3v) is 6.84. The number of nitrogens with zero attached hydrogens (tertiary/aromatic N) is 3. The summed E-state index contributed by atoms with van der Waals surface area (Å²) in [4.78, 5) is 26.9. The Hall–Kier alpha value is -3.55. The van der Waals surface area contributed by atoms with Crippen LogP contribution >= 0.6 is 0 Å². The van der Waals surface area contributed by atoms with Crippen LogP contribution in [0.3, 0.4) is 0 Å². The molecule has 3 aromatic rings. The van der Waals surface area contributed by atoms with Gasteiger partial charge in [-0.3, -0.25) is 15.0 Å². The number of ether oxygens (including phenoxy) is 1. The number of nitrogens with one attached hydrogen (secondary N) is 1. The zero-order chi connectivity index (χ0) is 26.0. The van der Waals surface area contributed by atoms with Crippen molar-refractivity contribution in [1.82, 2.24) is 9.13 Å². The molecular formula is C28H36N4O4. The predicted molar refractivity (Wildman–Crippen MR) is 140 cm³/mol. The lowest BCUT2D eigenvalue weighted by atomic mass is 9.84. The summed E-state index contributed by atoms with van der Waals surface area (Å²) in [5.41, 5.74) is 4.17. The van der Waals surface area contributed by atoms with E-state index in [1.54, 1.807) is 9.13 Å². The SMILES string of the molecule is Cn1c(=N)n(CC(=O)c2cc(N3CCCC3)c(OCCCC(=O)O)c(C(C)(C)C)c2)c2ccccc21. The minimum atomic E-state index is -0.838. The highest BCUT2D eigenvalue weighted by atomic mass is 16.5. The highest BCUT2D eigenvalue weighted by Gasteiger charge is 2.28. The van der Waals surface area contributed by atoms with Gasteiger partial charge in [0.1, 0.15) is 5.75 Å². The Morgan fingerprint density at radius 3 is 2.39 bits per heavy atom. The van der Waals surface area contributed by atoms with Crippen molar-refractivity contribution in [2.75, 3.05) is 24.6 Å². The van der Waals surface area contributed by atoms with Crippen molar-refractivity contribution in [3.63, 3.8) is 0 Å². The lowest BCUT2D eigenvalue weighted by Crippen LogP contribution is -2.27. The van der Waals surface area contributed by atoms with Crippen LogP contribution in [0.2, 0.25) is 0 Å². The zero-order valence-electron chi connectivity index (χ0n) is 21.6. The summed E-state index contributed by atoms with van der Waals surface area (Å²) in [6.07, 6.45) is 2.63. The first kappa shape index (κ1) is 25.5. The van der Waals surface area contributed by atoms with E-state index in [4.69, 9.17) is 15.3 Å². The Morgan fingerprint density at radius 2 is 1.75 bits per heavy atom. The van der Waals surface area contributed by atoms with Gasteiger partial charge < -0.3 is 23.9 Å². The maximum Gasteiger partial charge on any atom is 0.303 e. The normalized spacial score (nSPS) is 13.9. The third-order valence-electron chi connectivity index (χ3n) is 6.84. The van der Waals surface area contributed by atoms with Gasteiger partial charge in [-0.15, -0.1) is 0 Å². The molecule has 192 valence electrons. The number of para-hydroxylation sites is 2. The maximum absolute atomic E-state index is 13.7. The molecule has 0 unspecified atom stereocenters. The van der Waals surface area contributed by atoms with E-state index in [0.717, 1.165) is 54.0 Å². The Kier molecular flexibility index (Phi) is 7.24. The number of carbonyl (C=O) groups excluding carboxylic acids is 1. The van der Waals surface area contributed by atoms with Crippen molar-refractivity contribution in [2.24, 2.45) is 7.05 Å². The molecule has 1 aromatic heterocycles. The van der Waals surface area contributed by atoms with Crippen molar-refractivity contribution in [3.8, 4) is 5.75 Å². The number of carboxylic acids is 1. The fraction of sp³-hybridized carbons (Fsp3) is 0.464. The first-order valence-electron chi connectivity index (χ1n) is 12.6. The number of carboxylic acid groups (broad SMARTS) is 1. The first-order chi connectivity index (χ1) is 17.1. The number of rotatable bonds is 9. The molecule has 1 aliphatic rings. The van der Waals surface area contributed by atoms with Crippen LogP contribution in [0.25, 0.3) is 11.0 Å². The van der Waals surface area contributed by atoms with Gasteiger partial charge in [-0.1, -0.05) is 32.9 Å². The monoisotopic (exact) mass is 492 g/mol. The lowest BCUT2D eigenvalue weighted by molar-refractivity contribution is -0.137. The van der Waals surface area contributed by atoms with Gasteiger partial charge in [0.05, 0.1) is 29.9 Å². The van der Waals surface area contributed by atoms with Crippen LogP contribution in [0.1, 0.15) is 62.4 Å². The molecule has 2 heterocycles. The van der Waals surface area contributed by atoms with Crippen LogP contribution in [-0.4, -0.2) is 45.7 Å². The molecule has 2 N–H and O–H groups in total. The molecule has 1 saturated heterocycles. The van der Waals surface area contributed by atoms with Gasteiger partial charge in [0.2, 0.25) is 5.62 Å². The van der Waals surface area contributed by atoms with Crippen molar-refractivity contribution in [3.05, 3.63) is 53.1 Å². The number of hydrogen-bond acceptors (Lipinski definition) is 5. The maximum atomic E-state index is 13.7. The Labute approximate surface area is 211 Å². The number of aliphatic carboxylic acids is 1. The molecule has 8 nitrogen and oxygen atoms in total. The average molecular weight is 493 g/mol. The summed E-state index contributed by atoms with van der Waals surface area (Å²) in [6, 6.07) is 11.6. The minimum absolute atomic E-state index is 0.0538. The summed E-state index contributed by atoms with van der Waals surface area (Å²) in [5, 5.41) is 17.6. The number of ketones is 1. The van der Waals surface area contributed by atoms with Crippen LogP contribution in [0, 0.1) is 5.41 Å². The van der Waals surface area contributed by atoms with Gasteiger partial charge in [-0.25, -0.2) is 0 Å². The molecule has 0 bridgehead atoms. The van der Waals surface area contributed by atoms with E-state index in [1.165, 1.54) is 0 Å². The van der Waals surface area contributed by atoms with E-state index in [2.05, 4.69) is 25.7 Å². The van der Waals surface area contributed by atoms with Crippen LogP contribution in [0.4, 0.5) is 5.69 Å². The summed E-state index contributed by atoms with van der Waals surface area (Å²) in [5.74, 6) is -0.159. The van der Waals surface area contributed by atoms with Gasteiger partial charge >= 0.3 is 5.97 Å². The smallest absolute Gasteiger partial charge is 0.303 e. The zero-order valence-corrected chi connectivity index (χ0v) is 21.6. The number of imidazole rings is 1. The van der Waals surface area contributed by atoms with E-state index in [-0.39, 0.29) is 29.8 Å². The predicted octanol–water partition coefficient (Wildman–Crippen LogP) is 4.48. The second kappa shape index (κ2) is 10.2. The molecule has 8 heteroatoms. The third kappa shape index (κ3) is 5.17. The molecule has 0 spiro atoms. The van der Waals surface area contributed by atoms with Crippen LogP contribution < -0.4 is 15.3 Å². The number of aromatic nitrogens is 2. The number of aryl methyl sites for hydroxylation is 1. The highest BCUT2D eigenvalue weighted by Crippen LogP contribution is 2.41. The second-order valence-corrected chi connectivity index (χ2v) is 10.5. The number of anilines is 1. The Bertz CT molecular complexity index is 1340. The Balaban J connectivity index is 1.75. The molecule has 1 aliphatic heterocycles. The van der Waals surface area contributed by atoms with Crippen LogP contribution in [0.15, 0.2) is 36.4 Å². The van der Waals surface area contributed by atoms with Gasteiger partial charge in [0.25, 0.3) is 0 Å². The number of Topliss-reactive ketones (excluding diaryl/α,β-unsaturated/α-hetero) is 1. The fourth-order valence-electron chi connectivity index (χ4n) is 4.85. The molecular weight excluding hydrogens is 456 g/mol. The molecule has 0 aliphatic carbocycles. The molecule has 4 rings (SSSR count). The number of hydrogen-bond donors (Lipinski definition) is 2. The van der Waals surface area contributed by atoms with Crippen molar-refractivity contribution in [1.29, 1.82) is 5.41 Å². The van der Waals surface area contributed by atoms with Crippen molar-refractivity contribution < 1.29 is 19.4 Å². The number of benzene rings is 2. The molecule has 1 fully saturated rings. The second-order valence-electron chi connectivity index (χ2n) is 10.5. The van der Waals surface area contributed by atoms with E-state index in [0.29, 0.717) is 18.6 Å². The molecule has 36 heavy (non-hydrogen) atoms. The van der Waals surface area contributed by atoms with Crippen LogP contribution in [-0.2, 0) is 23.8 Å². The van der Waals surface area contributed by atoms with Crippen molar-refractivity contribution in [2.45, 2.75) is 58.4 Å². The van der Waals surface area contributed by atoms with Crippen molar-refractivity contribution >= 4 is 28.5 Å². The van der Waals surface area contributed by atoms with Crippen LogP contribution in [0.5, 0.6) is 5.75 Å². The van der Waals surface area contributed by atoms with Gasteiger partial charge in [-0.05, 0) is 48.9 Å². The summed E-state index contributed by atoms with van der Waals surface area (Å²) >= 11 is 0. The molecule has 0 amide bonds. The lowest BCUT2D eigenvalue weighted by Gasteiger charge is -2.29. The standard InChI is InChI=1S/C28H36N4O4/c1-28(2,3)20-16-19(24(33)18-32-22-11-6-5-10-21(22)30(4)27(32)29)17-23(31-13-7-8-14-31)26(20)36-15-9-12-25(34)35/h5-6,10-11,16-17,29H,7-9,12-15,18H2,1-4H3,(H,34,35).